The summed E-state index contributed by atoms with van der Waals surface area (Å²) in [6, 6.07) is 0. The van der Waals surface area contributed by atoms with Crippen LogP contribution in [0.4, 0.5) is 4.79 Å². The van der Waals surface area contributed by atoms with Gasteiger partial charge in [0.15, 0.2) is 0 Å². The van der Waals surface area contributed by atoms with Crippen molar-refractivity contribution < 1.29 is 51.3 Å². The molecule has 0 amide bonds. The smallest absolute Gasteiger partial charge is 0.432 e. The number of aromatic nitrogens is 4. The average molecular weight is 850 g/mol. The zero-order valence-corrected chi connectivity index (χ0v) is 33.7. The summed E-state index contributed by atoms with van der Waals surface area (Å²) in [7, 11) is -7.36. The van der Waals surface area contributed by atoms with E-state index in [4.69, 9.17) is 55.7 Å². The molecule has 0 aliphatic rings. The molecule has 0 bridgehead atoms. The van der Waals surface area contributed by atoms with E-state index in [2.05, 4.69) is 9.97 Å². The topological polar surface area (TPSA) is 246 Å². The van der Waals surface area contributed by atoms with Gasteiger partial charge in [0.1, 0.15) is 10.0 Å². The predicted molar refractivity (Wildman–Crippen MR) is 201 cm³/mol. The van der Waals surface area contributed by atoms with Crippen molar-refractivity contribution in [2.75, 3.05) is 58.8 Å². The van der Waals surface area contributed by atoms with Gasteiger partial charge in [-0.1, -0.05) is 47.5 Å². The number of hydrogen-bond acceptors (Lipinski definition) is 14. The van der Waals surface area contributed by atoms with Gasteiger partial charge in [-0.25, -0.2) is 14.4 Å². The van der Waals surface area contributed by atoms with Gasteiger partial charge in [-0.2, -0.15) is 0 Å². The van der Waals surface area contributed by atoms with Crippen molar-refractivity contribution in [1.29, 1.82) is 0 Å². The first-order valence-corrected chi connectivity index (χ1v) is 20.9. The summed E-state index contributed by atoms with van der Waals surface area (Å²) in [6.45, 7) is 8.88. The van der Waals surface area contributed by atoms with Crippen LogP contribution in [-0.4, -0.2) is 95.0 Å². The predicted octanol–water partition coefficient (Wildman–Crippen LogP) is 4.29. The van der Waals surface area contributed by atoms with Crippen LogP contribution in [0.25, 0.3) is 0 Å². The van der Waals surface area contributed by atoms with Crippen LogP contribution in [0.15, 0.2) is 55.9 Å². The Morgan fingerprint density at radius 2 is 1.26 bits per heavy atom. The summed E-state index contributed by atoms with van der Waals surface area (Å²) < 4.78 is 62.3. The number of ether oxygens (including phenoxy) is 4. The highest BCUT2D eigenvalue weighted by Gasteiger charge is 2.24. The molecule has 2 unspecified atom stereocenters. The maximum Gasteiger partial charge on any atom is 0.510 e. The van der Waals surface area contributed by atoms with E-state index in [1.54, 1.807) is 13.8 Å². The fourth-order valence-corrected chi connectivity index (χ4v) is 6.20. The summed E-state index contributed by atoms with van der Waals surface area (Å²) >= 11 is 11.3. The van der Waals surface area contributed by atoms with E-state index in [9.17, 15) is 38.0 Å². The molecular formula is C31H48Cl2N4O15P2. The van der Waals surface area contributed by atoms with Crippen LogP contribution in [0.3, 0.4) is 0 Å². The van der Waals surface area contributed by atoms with E-state index in [0.29, 0.717) is 39.3 Å². The molecular weight excluding hydrogens is 801 g/mol. The largest absolute Gasteiger partial charge is 0.510 e. The quantitative estimate of drug-likeness (QED) is 0.0438. The molecule has 0 radical (unpaired) electrons. The third kappa shape index (κ3) is 21.7. The highest BCUT2D eigenvalue weighted by molar-refractivity contribution is 7.54. The first-order chi connectivity index (χ1) is 25.5. The summed E-state index contributed by atoms with van der Waals surface area (Å²) in [4.78, 5) is 70.8. The number of nitrogens with zero attached hydrogens (tertiary/aromatic N) is 2. The van der Waals surface area contributed by atoms with Crippen molar-refractivity contribution in [3.05, 3.63) is 88.4 Å². The van der Waals surface area contributed by atoms with Gasteiger partial charge in [0.2, 0.25) is 6.79 Å². The monoisotopic (exact) mass is 848 g/mol. The van der Waals surface area contributed by atoms with Crippen molar-refractivity contribution in [2.24, 2.45) is 0 Å². The van der Waals surface area contributed by atoms with Gasteiger partial charge < -0.3 is 32.9 Å². The fourth-order valence-electron chi connectivity index (χ4n) is 3.62. The van der Waals surface area contributed by atoms with Crippen LogP contribution in [0.2, 0.25) is 10.0 Å². The lowest BCUT2D eigenvalue weighted by atomic mass is 10.5. The Morgan fingerprint density at radius 1 is 0.778 bits per heavy atom. The summed E-state index contributed by atoms with van der Waals surface area (Å²) in [6.07, 6.45) is 7.76. The molecule has 3 N–H and O–H groups in total. The number of carbonyl (C=O) groups is 1. The Hall–Kier alpha value is -3.09. The van der Waals surface area contributed by atoms with Gasteiger partial charge in [-0.3, -0.25) is 42.3 Å². The highest BCUT2D eigenvalue weighted by Crippen LogP contribution is 2.48. The molecule has 2 aromatic rings. The van der Waals surface area contributed by atoms with Crippen LogP contribution in [0.5, 0.6) is 0 Å². The van der Waals surface area contributed by atoms with E-state index in [-0.39, 0.29) is 54.8 Å². The number of halogens is 2. The molecule has 0 saturated carbocycles. The van der Waals surface area contributed by atoms with Crippen LogP contribution < -0.4 is 22.5 Å². The molecule has 0 aliphatic carbocycles. The van der Waals surface area contributed by atoms with E-state index in [1.807, 2.05) is 13.8 Å². The Labute approximate surface area is 321 Å². The van der Waals surface area contributed by atoms with Crippen LogP contribution in [0.1, 0.15) is 40.5 Å². The van der Waals surface area contributed by atoms with Crippen molar-refractivity contribution in [3.63, 3.8) is 0 Å². The Kier molecular flexibility index (Phi) is 24.2. The van der Waals surface area contributed by atoms with Crippen molar-refractivity contribution in [2.45, 2.75) is 59.7 Å². The van der Waals surface area contributed by atoms with Gasteiger partial charge in [0.05, 0.1) is 31.6 Å². The van der Waals surface area contributed by atoms with E-state index in [1.165, 1.54) is 45.8 Å². The van der Waals surface area contributed by atoms with E-state index in [0.717, 1.165) is 0 Å². The van der Waals surface area contributed by atoms with Gasteiger partial charge in [-0.15, -0.1) is 0 Å². The van der Waals surface area contributed by atoms with Gasteiger partial charge in [0, 0.05) is 51.9 Å². The molecule has 2 rings (SSSR count). The number of nitrogens with one attached hydrogen (secondary N) is 2. The number of hydrogen-bond donors (Lipinski definition) is 3. The molecule has 0 fully saturated rings. The van der Waals surface area contributed by atoms with Crippen LogP contribution in [0, 0.1) is 0 Å². The lowest BCUT2D eigenvalue weighted by molar-refractivity contribution is -0.0130. The van der Waals surface area contributed by atoms with Crippen LogP contribution >= 0.6 is 38.4 Å². The molecule has 0 spiro atoms. The maximum absolute atomic E-state index is 12.9. The minimum absolute atomic E-state index is 0.0664. The van der Waals surface area contributed by atoms with Gasteiger partial charge in [-0.05, 0) is 40.5 Å². The third-order valence-electron chi connectivity index (χ3n) is 6.15. The standard InChI is InChI=1S/C18H28ClN2O9P.C13H20ClN2O6P/c1-4-26-9-7-10-28-31(25,29-13-27-18(24)30-14(2)3)11-6-5-8-21-12-15(19)16(22)20-17(21)23;1-2-21-7-5-8-22-23(19,20)9-4-3-6-16-10-11(14)12(17)15-13(16)18/h5-6,12,14H,4,7-11,13H2,1-3H3,(H,20,22,23);3-4,10H,2,5-9H2,1H3,(H,19,20)(H,15,17,18)/b6-5+;4-3+. The second-order valence-electron chi connectivity index (χ2n) is 10.9. The second-order valence-corrected chi connectivity index (χ2v) is 15.7. The normalized spacial score (nSPS) is 13.8. The lowest BCUT2D eigenvalue weighted by Crippen LogP contribution is -2.29. The Bertz CT molecular complexity index is 1820. The van der Waals surface area contributed by atoms with Crippen LogP contribution in [-0.2, 0) is 54.7 Å². The summed E-state index contributed by atoms with van der Waals surface area (Å²) in [5.41, 5.74) is -2.58. The molecule has 2 aromatic heterocycles. The Balaban J connectivity index is 0.000000564. The molecule has 0 aromatic carbocycles. The van der Waals surface area contributed by atoms with Crippen molar-refractivity contribution in [3.8, 4) is 0 Å². The average Bonchev–Trinajstić information content (AvgIpc) is 3.09. The van der Waals surface area contributed by atoms with Gasteiger partial charge >= 0.3 is 32.7 Å². The number of allylic oxidation sites excluding steroid dienone is 4. The maximum atomic E-state index is 12.9. The third-order valence-corrected chi connectivity index (χ3v) is 9.68. The molecule has 23 heteroatoms. The number of rotatable bonds is 24. The first-order valence-electron chi connectivity index (χ1n) is 16.6. The number of carbonyl (C=O) groups excluding carboxylic acids is 1. The zero-order valence-electron chi connectivity index (χ0n) is 30.4. The van der Waals surface area contributed by atoms with Crippen molar-refractivity contribution >= 4 is 44.5 Å². The lowest BCUT2D eigenvalue weighted by Gasteiger charge is -2.17. The van der Waals surface area contributed by atoms with Crippen molar-refractivity contribution in [1.82, 2.24) is 19.1 Å². The number of H-pyrrole nitrogens is 2. The summed E-state index contributed by atoms with van der Waals surface area (Å²) in [5.74, 6) is 0. The van der Waals surface area contributed by atoms with E-state index < -0.39 is 50.6 Å². The second kappa shape index (κ2) is 26.7. The Morgan fingerprint density at radius 3 is 1.74 bits per heavy atom. The number of aromatic amines is 2. The molecule has 54 heavy (non-hydrogen) atoms. The minimum Gasteiger partial charge on any atom is -0.432 e. The summed E-state index contributed by atoms with van der Waals surface area (Å²) in [5, 5.41) is -0.242. The molecule has 2 atom stereocenters. The molecule has 0 saturated heterocycles. The fraction of sp³-hybridized carbons (Fsp3) is 0.581. The molecule has 0 aliphatic heterocycles. The zero-order chi connectivity index (χ0) is 40.6. The molecule has 19 nitrogen and oxygen atoms in total. The first kappa shape index (κ1) is 48.9. The SMILES string of the molecule is CCOCCCOP(=O)(C/C=C/Cn1cc(Cl)c(=O)[nH]c1=O)OCOC(=O)OC(C)C.CCOCCCOP(=O)(O)C/C=C/Cn1cc(Cl)c(=O)[nH]c1=O. The minimum atomic E-state index is -3.71. The highest BCUT2D eigenvalue weighted by atomic mass is 35.5. The molecule has 2 heterocycles. The molecule has 306 valence electrons. The van der Waals surface area contributed by atoms with Gasteiger partial charge in [0.25, 0.3) is 11.1 Å². The van der Waals surface area contributed by atoms with E-state index >= 15 is 0 Å².